The molecular weight excluding hydrogens is 254 g/mol. The highest BCUT2D eigenvalue weighted by Crippen LogP contribution is 2.36. The molecular formula is C7H4BrF4N. The van der Waals surface area contributed by atoms with Crippen LogP contribution >= 0.6 is 15.9 Å². The maximum atomic E-state index is 12.6. The highest BCUT2D eigenvalue weighted by atomic mass is 79.9. The third-order valence-corrected chi connectivity index (χ3v) is 2.05. The van der Waals surface area contributed by atoms with E-state index >= 15 is 0 Å². The van der Waals surface area contributed by atoms with Crippen molar-refractivity contribution in [2.45, 2.75) is 6.18 Å². The second-order valence-electron chi connectivity index (χ2n) is 2.35. The number of halogens is 5. The number of alkyl halides is 3. The Kier molecular flexibility index (Phi) is 2.51. The molecule has 0 unspecified atom stereocenters. The lowest BCUT2D eigenvalue weighted by atomic mass is 10.2. The molecule has 0 aromatic heterocycles. The number of anilines is 1. The van der Waals surface area contributed by atoms with Crippen molar-refractivity contribution >= 4 is 21.6 Å². The van der Waals surface area contributed by atoms with Gasteiger partial charge in [-0.15, -0.1) is 0 Å². The van der Waals surface area contributed by atoms with E-state index in [4.69, 9.17) is 5.73 Å². The van der Waals surface area contributed by atoms with Gasteiger partial charge < -0.3 is 5.73 Å². The zero-order valence-corrected chi connectivity index (χ0v) is 7.71. The van der Waals surface area contributed by atoms with Gasteiger partial charge in [-0.25, -0.2) is 4.39 Å². The van der Waals surface area contributed by atoms with Crippen LogP contribution in [0.2, 0.25) is 0 Å². The van der Waals surface area contributed by atoms with Crippen LogP contribution in [0, 0.1) is 5.82 Å². The molecule has 72 valence electrons. The summed E-state index contributed by atoms with van der Waals surface area (Å²) in [7, 11) is 0. The lowest BCUT2D eigenvalue weighted by Crippen LogP contribution is -2.07. The Morgan fingerprint density at radius 2 is 1.77 bits per heavy atom. The van der Waals surface area contributed by atoms with Gasteiger partial charge >= 0.3 is 6.18 Å². The molecule has 0 bridgehead atoms. The van der Waals surface area contributed by atoms with E-state index < -0.39 is 17.6 Å². The summed E-state index contributed by atoms with van der Waals surface area (Å²) in [5, 5.41) is 0. The van der Waals surface area contributed by atoms with Crippen LogP contribution in [0.5, 0.6) is 0 Å². The van der Waals surface area contributed by atoms with Gasteiger partial charge in [-0.3, -0.25) is 0 Å². The first-order valence-corrected chi connectivity index (χ1v) is 3.93. The normalized spacial score (nSPS) is 11.8. The molecule has 0 aliphatic heterocycles. The summed E-state index contributed by atoms with van der Waals surface area (Å²) in [6, 6.07) is 1.25. The zero-order chi connectivity index (χ0) is 10.2. The Morgan fingerprint density at radius 3 is 2.23 bits per heavy atom. The van der Waals surface area contributed by atoms with Crippen molar-refractivity contribution in [3.63, 3.8) is 0 Å². The smallest absolute Gasteiger partial charge is 0.396 e. The van der Waals surface area contributed by atoms with E-state index in [-0.39, 0.29) is 10.2 Å². The van der Waals surface area contributed by atoms with E-state index in [0.717, 1.165) is 6.07 Å². The van der Waals surface area contributed by atoms with E-state index in [0.29, 0.717) is 6.07 Å². The first kappa shape index (κ1) is 10.3. The Bertz CT molecular complexity index is 334. The zero-order valence-electron chi connectivity index (χ0n) is 6.12. The minimum atomic E-state index is -4.58. The van der Waals surface area contributed by atoms with Crippen LogP contribution in [0.1, 0.15) is 5.56 Å². The van der Waals surface area contributed by atoms with Gasteiger partial charge in [0.15, 0.2) is 0 Å². The molecule has 0 fully saturated rings. The largest absolute Gasteiger partial charge is 0.417 e. The summed E-state index contributed by atoms with van der Waals surface area (Å²) in [6.07, 6.45) is -4.58. The summed E-state index contributed by atoms with van der Waals surface area (Å²) in [4.78, 5) is 0. The second-order valence-corrected chi connectivity index (χ2v) is 3.21. The molecule has 6 heteroatoms. The van der Waals surface area contributed by atoms with Crippen LogP contribution in [0.4, 0.5) is 23.2 Å². The summed E-state index contributed by atoms with van der Waals surface area (Å²) < 4.78 is 48.7. The lowest BCUT2D eigenvalue weighted by Gasteiger charge is -2.09. The van der Waals surface area contributed by atoms with Gasteiger partial charge in [-0.1, -0.05) is 15.9 Å². The monoisotopic (exact) mass is 257 g/mol. The molecule has 1 aromatic carbocycles. The average molecular weight is 258 g/mol. The standard InChI is InChI=1S/C7H4BrF4N/c8-4-2-6(13)5(9)1-3(4)7(10,11)12/h1-2H,13H2. The number of nitrogen functional groups attached to an aromatic ring is 1. The van der Waals surface area contributed by atoms with Crippen molar-refractivity contribution in [2.24, 2.45) is 0 Å². The minimum Gasteiger partial charge on any atom is -0.396 e. The molecule has 0 aliphatic rings. The van der Waals surface area contributed by atoms with Gasteiger partial charge in [0.2, 0.25) is 0 Å². The molecule has 0 saturated carbocycles. The van der Waals surface area contributed by atoms with Crippen LogP contribution in [0.3, 0.4) is 0 Å². The van der Waals surface area contributed by atoms with Crippen LogP contribution in [0.15, 0.2) is 16.6 Å². The van der Waals surface area contributed by atoms with Gasteiger partial charge in [0.05, 0.1) is 11.3 Å². The van der Waals surface area contributed by atoms with Crippen molar-refractivity contribution in [3.8, 4) is 0 Å². The summed E-state index contributed by atoms with van der Waals surface area (Å²) >= 11 is 2.65. The van der Waals surface area contributed by atoms with Crippen molar-refractivity contribution in [1.82, 2.24) is 0 Å². The Morgan fingerprint density at radius 1 is 1.23 bits per heavy atom. The van der Waals surface area contributed by atoms with Crippen molar-refractivity contribution in [2.75, 3.05) is 5.73 Å². The summed E-state index contributed by atoms with van der Waals surface area (Å²) in [5.74, 6) is -1.07. The number of rotatable bonds is 0. The third-order valence-electron chi connectivity index (χ3n) is 1.39. The maximum Gasteiger partial charge on any atom is 0.417 e. The second kappa shape index (κ2) is 3.17. The SMILES string of the molecule is Nc1cc(Br)c(C(F)(F)F)cc1F. The highest BCUT2D eigenvalue weighted by Gasteiger charge is 2.33. The predicted octanol–water partition coefficient (Wildman–Crippen LogP) is 3.19. The van der Waals surface area contributed by atoms with Crippen LogP contribution < -0.4 is 5.73 Å². The quantitative estimate of drug-likeness (QED) is 0.561. The van der Waals surface area contributed by atoms with Crippen LogP contribution in [-0.2, 0) is 6.18 Å². The first-order chi connectivity index (χ1) is 5.82. The van der Waals surface area contributed by atoms with Crippen molar-refractivity contribution in [1.29, 1.82) is 0 Å². The lowest BCUT2D eigenvalue weighted by molar-refractivity contribution is -0.138. The van der Waals surface area contributed by atoms with Crippen molar-refractivity contribution in [3.05, 3.63) is 28.0 Å². The molecule has 2 N–H and O–H groups in total. The molecule has 0 saturated heterocycles. The van der Waals surface area contributed by atoms with Gasteiger partial charge in [0.25, 0.3) is 0 Å². The maximum absolute atomic E-state index is 12.6. The third kappa shape index (κ3) is 2.12. The fourth-order valence-electron chi connectivity index (χ4n) is 0.779. The number of hydrogen-bond donors (Lipinski definition) is 1. The van der Waals surface area contributed by atoms with Crippen LogP contribution in [-0.4, -0.2) is 0 Å². The molecule has 13 heavy (non-hydrogen) atoms. The first-order valence-electron chi connectivity index (χ1n) is 3.14. The molecule has 1 aromatic rings. The molecule has 1 rings (SSSR count). The molecule has 0 radical (unpaired) electrons. The van der Waals surface area contributed by atoms with Gasteiger partial charge in [0.1, 0.15) is 5.82 Å². The van der Waals surface area contributed by atoms with Gasteiger partial charge in [-0.2, -0.15) is 13.2 Å². The minimum absolute atomic E-state index is 0.265. The van der Waals surface area contributed by atoms with Gasteiger partial charge in [-0.05, 0) is 12.1 Å². The average Bonchev–Trinajstić information content (AvgIpc) is 1.94. The Labute approximate surface area is 79.7 Å². The molecule has 0 spiro atoms. The van der Waals surface area contributed by atoms with Gasteiger partial charge in [0, 0.05) is 4.47 Å². The molecule has 0 heterocycles. The fraction of sp³-hybridized carbons (Fsp3) is 0.143. The number of hydrogen-bond acceptors (Lipinski definition) is 1. The van der Waals surface area contributed by atoms with E-state index in [1.807, 2.05) is 0 Å². The van der Waals surface area contributed by atoms with Crippen molar-refractivity contribution < 1.29 is 17.6 Å². The van der Waals surface area contributed by atoms with E-state index in [1.165, 1.54) is 0 Å². The summed E-state index contributed by atoms with van der Waals surface area (Å²) in [6.45, 7) is 0. The van der Waals surface area contributed by atoms with E-state index in [2.05, 4.69) is 15.9 Å². The number of benzene rings is 1. The highest BCUT2D eigenvalue weighted by molar-refractivity contribution is 9.10. The fourth-order valence-corrected chi connectivity index (χ4v) is 1.37. The molecule has 0 amide bonds. The summed E-state index contributed by atoms with van der Waals surface area (Å²) in [5.41, 5.74) is 3.67. The molecule has 0 aliphatic carbocycles. The Balaban J connectivity index is 3.32. The van der Waals surface area contributed by atoms with Crippen LogP contribution in [0.25, 0.3) is 0 Å². The molecule has 1 nitrogen and oxygen atoms in total. The predicted molar refractivity (Wildman–Crippen MR) is 43.5 cm³/mol. The van der Waals surface area contributed by atoms with E-state index in [1.54, 1.807) is 0 Å². The Hall–Kier alpha value is -0.780. The van der Waals surface area contributed by atoms with E-state index in [9.17, 15) is 17.6 Å². The molecule has 0 atom stereocenters. The topological polar surface area (TPSA) is 26.0 Å². The number of nitrogens with two attached hydrogens (primary N) is 1.